The number of aromatic hydroxyl groups is 1. The van der Waals surface area contributed by atoms with E-state index in [0.717, 1.165) is 29.5 Å². The quantitative estimate of drug-likeness (QED) is 0.318. The molecule has 0 fully saturated rings. The standard InChI is InChI=1S/C34H38O5/c1-20-14-15-34(3,4)26(21(20)2)18-25-24-16-23(37-5)17-29(39-19-22-10-8-7-9-11-22)31(24)33(36)32-27(35)12-13-28(38-6)30(25)32/h7-13,16-17,20,25,35H,14-15,18-19H2,1-6H3/t20-,25+/m1/s1. The average molecular weight is 527 g/mol. The molecule has 0 aromatic heterocycles. The number of allylic oxidation sites excluding steroid dienone is 2. The molecule has 5 rings (SSSR count). The maximum absolute atomic E-state index is 14.2. The van der Waals surface area contributed by atoms with E-state index in [1.807, 2.05) is 36.4 Å². The van der Waals surface area contributed by atoms with E-state index in [9.17, 15) is 9.90 Å². The number of methoxy groups -OCH3 is 2. The summed E-state index contributed by atoms with van der Waals surface area (Å²) in [6.45, 7) is 9.47. The molecule has 0 spiro atoms. The molecule has 0 aliphatic heterocycles. The Labute approximate surface area is 231 Å². The third-order valence-corrected chi connectivity index (χ3v) is 8.80. The highest BCUT2D eigenvalue weighted by atomic mass is 16.5. The highest BCUT2D eigenvalue weighted by Crippen LogP contribution is 2.54. The number of benzene rings is 3. The first-order valence-electron chi connectivity index (χ1n) is 13.7. The Morgan fingerprint density at radius 1 is 0.974 bits per heavy atom. The molecule has 0 radical (unpaired) electrons. The van der Waals surface area contributed by atoms with E-state index in [0.29, 0.717) is 47.3 Å². The number of ketones is 1. The minimum atomic E-state index is -0.264. The zero-order valence-electron chi connectivity index (χ0n) is 23.8. The van der Waals surface area contributed by atoms with Gasteiger partial charge in [0.15, 0.2) is 0 Å². The summed E-state index contributed by atoms with van der Waals surface area (Å²) >= 11 is 0. The van der Waals surface area contributed by atoms with Crippen LogP contribution in [0.4, 0.5) is 0 Å². The molecule has 204 valence electrons. The molecule has 0 saturated heterocycles. The number of rotatable bonds is 7. The number of phenols is 1. The molecule has 0 unspecified atom stereocenters. The number of carbonyl (C=O) groups excluding carboxylic acids is 1. The van der Waals surface area contributed by atoms with E-state index in [4.69, 9.17) is 14.2 Å². The van der Waals surface area contributed by atoms with Crippen molar-refractivity contribution in [2.75, 3.05) is 14.2 Å². The lowest BCUT2D eigenvalue weighted by Crippen LogP contribution is -2.28. The van der Waals surface area contributed by atoms with Crippen molar-refractivity contribution >= 4 is 5.78 Å². The van der Waals surface area contributed by atoms with Crippen LogP contribution >= 0.6 is 0 Å². The minimum absolute atomic E-state index is 0.0218. The first-order chi connectivity index (χ1) is 18.7. The number of hydrogen-bond donors (Lipinski definition) is 1. The highest BCUT2D eigenvalue weighted by Gasteiger charge is 2.41. The Bertz CT molecular complexity index is 1430. The van der Waals surface area contributed by atoms with Gasteiger partial charge in [-0.25, -0.2) is 0 Å². The summed E-state index contributed by atoms with van der Waals surface area (Å²) in [7, 11) is 3.24. The van der Waals surface area contributed by atoms with Crippen molar-refractivity contribution in [3.63, 3.8) is 0 Å². The molecule has 3 aromatic carbocycles. The Hall–Kier alpha value is -3.73. The van der Waals surface area contributed by atoms with Crippen LogP contribution in [0.5, 0.6) is 23.0 Å². The number of hydrogen-bond acceptors (Lipinski definition) is 5. The van der Waals surface area contributed by atoms with Crippen molar-refractivity contribution in [2.45, 2.75) is 59.5 Å². The molecule has 0 bridgehead atoms. The maximum atomic E-state index is 14.2. The second-order valence-corrected chi connectivity index (χ2v) is 11.5. The Morgan fingerprint density at radius 3 is 2.41 bits per heavy atom. The highest BCUT2D eigenvalue weighted by molar-refractivity contribution is 6.16. The lowest BCUT2D eigenvalue weighted by molar-refractivity contribution is 0.102. The maximum Gasteiger partial charge on any atom is 0.201 e. The Morgan fingerprint density at radius 2 is 1.72 bits per heavy atom. The van der Waals surface area contributed by atoms with E-state index in [1.54, 1.807) is 32.4 Å². The second-order valence-electron chi connectivity index (χ2n) is 11.5. The van der Waals surface area contributed by atoms with Crippen molar-refractivity contribution < 1.29 is 24.1 Å². The summed E-state index contributed by atoms with van der Waals surface area (Å²) in [5.74, 6) is 1.65. The molecular weight excluding hydrogens is 488 g/mol. The van der Waals surface area contributed by atoms with E-state index in [-0.39, 0.29) is 22.9 Å². The molecule has 2 aliphatic rings. The first kappa shape index (κ1) is 26.9. The van der Waals surface area contributed by atoms with Crippen LogP contribution in [0.3, 0.4) is 0 Å². The predicted molar refractivity (Wildman–Crippen MR) is 153 cm³/mol. The topological polar surface area (TPSA) is 65.0 Å². The van der Waals surface area contributed by atoms with Crippen LogP contribution < -0.4 is 14.2 Å². The SMILES string of the molecule is COc1cc(OCc2ccccc2)c2c(c1)[C@H](CC1=C(C)[C@H](C)CCC1(C)C)c1c(OC)ccc(O)c1C2=O. The van der Waals surface area contributed by atoms with Gasteiger partial charge < -0.3 is 19.3 Å². The monoisotopic (exact) mass is 526 g/mol. The van der Waals surface area contributed by atoms with Gasteiger partial charge in [0, 0.05) is 17.5 Å². The zero-order chi connectivity index (χ0) is 27.9. The summed E-state index contributed by atoms with van der Waals surface area (Å²) in [4.78, 5) is 14.2. The van der Waals surface area contributed by atoms with Crippen LogP contribution in [0.25, 0.3) is 0 Å². The van der Waals surface area contributed by atoms with Gasteiger partial charge in [-0.15, -0.1) is 0 Å². The van der Waals surface area contributed by atoms with Gasteiger partial charge in [-0.1, -0.05) is 62.2 Å². The normalized spacial score (nSPS) is 19.8. The van der Waals surface area contributed by atoms with Crippen LogP contribution in [0.2, 0.25) is 0 Å². The van der Waals surface area contributed by atoms with Gasteiger partial charge in [0.2, 0.25) is 5.78 Å². The van der Waals surface area contributed by atoms with Crippen molar-refractivity contribution in [1.29, 1.82) is 0 Å². The van der Waals surface area contributed by atoms with Crippen LogP contribution in [-0.4, -0.2) is 25.1 Å². The van der Waals surface area contributed by atoms with E-state index < -0.39 is 0 Å². The van der Waals surface area contributed by atoms with Crippen molar-refractivity contribution in [3.8, 4) is 23.0 Å². The molecular formula is C34H38O5. The van der Waals surface area contributed by atoms with Crippen LogP contribution in [0.1, 0.15) is 85.5 Å². The van der Waals surface area contributed by atoms with Gasteiger partial charge in [-0.05, 0) is 66.8 Å². The van der Waals surface area contributed by atoms with Crippen molar-refractivity contribution in [1.82, 2.24) is 0 Å². The van der Waals surface area contributed by atoms with Crippen molar-refractivity contribution in [2.24, 2.45) is 11.3 Å². The first-order valence-corrected chi connectivity index (χ1v) is 13.7. The van der Waals surface area contributed by atoms with Crippen LogP contribution in [0, 0.1) is 11.3 Å². The summed E-state index contributed by atoms with van der Waals surface area (Å²) in [5, 5.41) is 11.0. The molecule has 2 atom stereocenters. The largest absolute Gasteiger partial charge is 0.507 e. The van der Waals surface area contributed by atoms with Crippen LogP contribution in [0.15, 0.2) is 65.7 Å². The number of ether oxygens (including phenoxy) is 3. The van der Waals surface area contributed by atoms with Gasteiger partial charge in [0.25, 0.3) is 0 Å². The second kappa shape index (κ2) is 10.4. The molecule has 0 saturated carbocycles. The third-order valence-electron chi connectivity index (χ3n) is 8.80. The summed E-state index contributed by atoms with van der Waals surface area (Å²) in [6, 6.07) is 16.9. The molecule has 5 heteroatoms. The molecule has 5 nitrogen and oxygen atoms in total. The zero-order valence-corrected chi connectivity index (χ0v) is 23.8. The van der Waals surface area contributed by atoms with Gasteiger partial charge in [0.1, 0.15) is 29.6 Å². The predicted octanol–water partition coefficient (Wildman–Crippen LogP) is 7.83. The smallest absolute Gasteiger partial charge is 0.201 e. The number of fused-ring (bicyclic) bond motifs is 2. The van der Waals surface area contributed by atoms with Gasteiger partial charge in [-0.2, -0.15) is 0 Å². The molecule has 1 N–H and O–H groups in total. The lowest BCUT2D eigenvalue weighted by atomic mass is 9.64. The summed E-state index contributed by atoms with van der Waals surface area (Å²) in [6.07, 6.45) is 2.97. The van der Waals surface area contributed by atoms with E-state index >= 15 is 0 Å². The fourth-order valence-electron chi connectivity index (χ4n) is 6.36. The third kappa shape index (κ3) is 4.80. The van der Waals surface area contributed by atoms with E-state index in [2.05, 4.69) is 27.7 Å². The summed E-state index contributed by atoms with van der Waals surface area (Å²) < 4.78 is 17.8. The van der Waals surface area contributed by atoms with Crippen LogP contribution in [-0.2, 0) is 6.61 Å². The Kier molecular flexibility index (Phi) is 7.19. The molecule has 0 amide bonds. The van der Waals surface area contributed by atoms with Gasteiger partial charge >= 0.3 is 0 Å². The molecule has 0 heterocycles. The molecule has 3 aromatic rings. The van der Waals surface area contributed by atoms with Crippen molar-refractivity contribution in [3.05, 3.63) is 93.6 Å². The lowest BCUT2D eigenvalue weighted by Gasteiger charge is -2.40. The minimum Gasteiger partial charge on any atom is -0.507 e. The van der Waals surface area contributed by atoms with Gasteiger partial charge in [0.05, 0.1) is 25.3 Å². The Balaban J connectivity index is 1.72. The fraction of sp³-hybridized carbons (Fsp3) is 0.382. The fourth-order valence-corrected chi connectivity index (χ4v) is 6.36. The van der Waals surface area contributed by atoms with Gasteiger partial charge in [-0.3, -0.25) is 4.79 Å². The molecule has 2 aliphatic carbocycles. The van der Waals surface area contributed by atoms with E-state index in [1.165, 1.54) is 11.1 Å². The number of carbonyl (C=O) groups is 1. The average Bonchev–Trinajstić information content (AvgIpc) is 2.93. The molecule has 39 heavy (non-hydrogen) atoms. The summed E-state index contributed by atoms with van der Waals surface area (Å²) in [5.41, 5.74) is 6.17. The number of phenolic OH excluding ortho intramolecular Hbond substituents is 1.